The largest absolute Gasteiger partial charge is 0.461 e. The first-order chi connectivity index (χ1) is 12.7. The highest BCUT2D eigenvalue weighted by atomic mass is 28.4. The predicted molar refractivity (Wildman–Crippen MR) is 105 cm³/mol. The highest BCUT2D eigenvalue weighted by Crippen LogP contribution is 2.24. The van der Waals surface area contributed by atoms with Crippen molar-refractivity contribution in [1.82, 2.24) is 0 Å². The second-order valence-corrected chi connectivity index (χ2v) is 11.6. The van der Waals surface area contributed by atoms with E-state index in [4.69, 9.17) is 9.16 Å². The molecular formula is C21H23NO4Si. The Morgan fingerprint density at radius 1 is 1.11 bits per heavy atom. The van der Waals surface area contributed by atoms with Crippen molar-refractivity contribution in [3.8, 4) is 6.07 Å². The maximum Gasteiger partial charge on any atom is 0.302 e. The SMILES string of the molecule is CC(=O)OCc1ccccc1C(=O)c1cccc(C(C#N)O[Si](C)(C)C)c1. The minimum absolute atomic E-state index is 0.0382. The van der Waals surface area contributed by atoms with Crippen molar-refractivity contribution in [3.05, 3.63) is 70.8 Å². The van der Waals surface area contributed by atoms with Crippen molar-refractivity contribution in [2.24, 2.45) is 0 Å². The fraction of sp³-hybridized carbons (Fsp3) is 0.286. The Hall–Kier alpha value is -2.75. The van der Waals surface area contributed by atoms with Gasteiger partial charge in [-0.15, -0.1) is 0 Å². The summed E-state index contributed by atoms with van der Waals surface area (Å²) in [4.78, 5) is 24.1. The summed E-state index contributed by atoms with van der Waals surface area (Å²) in [5.41, 5.74) is 2.22. The molecule has 0 aliphatic rings. The summed E-state index contributed by atoms with van der Waals surface area (Å²) < 4.78 is 11.0. The van der Waals surface area contributed by atoms with Gasteiger partial charge in [0.05, 0.1) is 6.07 Å². The highest BCUT2D eigenvalue weighted by molar-refractivity contribution is 6.69. The number of carbonyl (C=O) groups excluding carboxylic acids is 2. The predicted octanol–water partition coefficient (Wildman–Crippen LogP) is 4.40. The molecule has 0 amide bonds. The Kier molecular flexibility index (Phi) is 6.67. The van der Waals surface area contributed by atoms with Gasteiger partial charge in [-0.25, -0.2) is 0 Å². The van der Waals surface area contributed by atoms with Gasteiger partial charge in [0.25, 0.3) is 0 Å². The fourth-order valence-corrected chi connectivity index (χ4v) is 3.46. The van der Waals surface area contributed by atoms with E-state index in [0.29, 0.717) is 22.3 Å². The molecule has 27 heavy (non-hydrogen) atoms. The zero-order valence-electron chi connectivity index (χ0n) is 16.0. The lowest BCUT2D eigenvalue weighted by atomic mass is 9.96. The molecular weight excluding hydrogens is 358 g/mol. The topological polar surface area (TPSA) is 76.4 Å². The summed E-state index contributed by atoms with van der Waals surface area (Å²) in [6.45, 7) is 7.40. The van der Waals surface area contributed by atoms with Gasteiger partial charge in [-0.1, -0.05) is 42.5 Å². The van der Waals surface area contributed by atoms with Crippen molar-refractivity contribution in [2.75, 3.05) is 0 Å². The Morgan fingerprint density at radius 3 is 2.44 bits per heavy atom. The number of nitrogens with zero attached hydrogens (tertiary/aromatic N) is 1. The van der Waals surface area contributed by atoms with Gasteiger partial charge in [-0.2, -0.15) is 5.26 Å². The van der Waals surface area contributed by atoms with Gasteiger partial charge < -0.3 is 9.16 Å². The van der Waals surface area contributed by atoms with Crippen LogP contribution in [0.2, 0.25) is 19.6 Å². The average molecular weight is 382 g/mol. The molecule has 1 atom stereocenters. The molecule has 0 aliphatic carbocycles. The van der Waals surface area contributed by atoms with E-state index in [2.05, 4.69) is 6.07 Å². The first kappa shape index (κ1) is 20.6. The molecule has 0 fully saturated rings. The first-order valence-electron chi connectivity index (χ1n) is 8.64. The summed E-state index contributed by atoms with van der Waals surface area (Å²) in [6, 6.07) is 16.1. The molecule has 0 radical (unpaired) electrons. The second kappa shape index (κ2) is 8.76. The highest BCUT2D eigenvalue weighted by Gasteiger charge is 2.23. The third-order valence-electron chi connectivity index (χ3n) is 3.73. The molecule has 0 bridgehead atoms. The Balaban J connectivity index is 2.33. The van der Waals surface area contributed by atoms with E-state index >= 15 is 0 Å². The number of esters is 1. The minimum atomic E-state index is -1.92. The molecule has 2 aromatic carbocycles. The van der Waals surface area contributed by atoms with Crippen LogP contribution in [0, 0.1) is 11.3 Å². The molecule has 0 saturated heterocycles. The lowest BCUT2D eigenvalue weighted by Crippen LogP contribution is -2.27. The molecule has 2 rings (SSSR count). The van der Waals surface area contributed by atoms with E-state index in [-0.39, 0.29) is 12.4 Å². The van der Waals surface area contributed by atoms with Crippen LogP contribution in [0.4, 0.5) is 0 Å². The number of ether oxygens (including phenoxy) is 1. The summed E-state index contributed by atoms with van der Waals surface area (Å²) in [6.07, 6.45) is -0.708. The van der Waals surface area contributed by atoms with E-state index in [9.17, 15) is 14.9 Å². The second-order valence-electron chi connectivity index (χ2n) is 7.13. The van der Waals surface area contributed by atoms with Crippen LogP contribution in [-0.2, 0) is 20.6 Å². The van der Waals surface area contributed by atoms with E-state index in [0.717, 1.165) is 0 Å². The number of ketones is 1. The summed E-state index contributed by atoms with van der Waals surface area (Å²) in [7, 11) is -1.92. The summed E-state index contributed by atoms with van der Waals surface area (Å²) in [5.74, 6) is -0.594. The average Bonchev–Trinajstić information content (AvgIpc) is 2.63. The fourth-order valence-electron chi connectivity index (χ4n) is 2.57. The minimum Gasteiger partial charge on any atom is -0.461 e. The quantitative estimate of drug-likeness (QED) is 0.404. The maximum absolute atomic E-state index is 13.0. The van der Waals surface area contributed by atoms with Gasteiger partial charge in [0.2, 0.25) is 0 Å². The van der Waals surface area contributed by atoms with Gasteiger partial charge in [-0.3, -0.25) is 9.59 Å². The molecule has 5 nitrogen and oxygen atoms in total. The van der Waals surface area contributed by atoms with Crippen LogP contribution in [0.3, 0.4) is 0 Å². The number of hydrogen-bond donors (Lipinski definition) is 0. The van der Waals surface area contributed by atoms with Gasteiger partial charge in [-0.05, 0) is 31.3 Å². The molecule has 0 aliphatic heterocycles. The van der Waals surface area contributed by atoms with Crippen LogP contribution in [0.5, 0.6) is 0 Å². The normalized spacial score (nSPS) is 12.1. The van der Waals surface area contributed by atoms with Crippen LogP contribution in [0.15, 0.2) is 48.5 Å². The Labute approximate surface area is 160 Å². The van der Waals surface area contributed by atoms with Crippen LogP contribution in [0.25, 0.3) is 0 Å². The maximum atomic E-state index is 13.0. The van der Waals surface area contributed by atoms with Crippen LogP contribution in [0.1, 0.15) is 40.1 Å². The monoisotopic (exact) mass is 381 g/mol. The van der Waals surface area contributed by atoms with Gasteiger partial charge in [0.1, 0.15) is 6.61 Å². The van der Waals surface area contributed by atoms with Crippen LogP contribution < -0.4 is 0 Å². The molecule has 0 saturated carbocycles. The van der Waals surface area contributed by atoms with E-state index in [1.165, 1.54) is 6.92 Å². The zero-order valence-corrected chi connectivity index (χ0v) is 17.0. The third kappa shape index (κ3) is 5.88. The molecule has 0 aromatic heterocycles. The van der Waals surface area contributed by atoms with E-state index in [1.807, 2.05) is 19.6 Å². The molecule has 6 heteroatoms. The van der Waals surface area contributed by atoms with Gasteiger partial charge in [0.15, 0.2) is 20.2 Å². The first-order valence-corrected chi connectivity index (χ1v) is 12.1. The standard InChI is InChI=1S/C21H23NO4Si/c1-15(23)25-14-18-8-5-6-11-19(18)21(24)17-10-7-9-16(12-17)20(13-22)26-27(2,3)4/h5-12,20H,14H2,1-4H3. The molecule has 0 N–H and O–H groups in total. The number of carbonyl (C=O) groups is 2. The Bertz CT molecular complexity index is 880. The van der Waals surface area contributed by atoms with E-state index in [1.54, 1.807) is 48.5 Å². The van der Waals surface area contributed by atoms with Crippen LogP contribution in [-0.4, -0.2) is 20.1 Å². The van der Waals surface area contributed by atoms with Crippen molar-refractivity contribution in [3.63, 3.8) is 0 Å². The number of hydrogen-bond acceptors (Lipinski definition) is 5. The smallest absolute Gasteiger partial charge is 0.302 e. The lowest BCUT2D eigenvalue weighted by molar-refractivity contribution is -0.142. The third-order valence-corrected chi connectivity index (χ3v) is 4.68. The number of rotatable bonds is 7. The number of nitriles is 1. The molecule has 0 spiro atoms. The van der Waals surface area contributed by atoms with Crippen LogP contribution >= 0.6 is 0 Å². The molecule has 140 valence electrons. The van der Waals surface area contributed by atoms with Gasteiger partial charge in [0, 0.05) is 23.6 Å². The van der Waals surface area contributed by atoms with Crippen molar-refractivity contribution >= 4 is 20.1 Å². The van der Waals surface area contributed by atoms with Crippen molar-refractivity contribution < 1.29 is 18.8 Å². The van der Waals surface area contributed by atoms with E-state index < -0.39 is 20.4 Å². The summed E-state index contributed by atoms with van der Waals surface area (Å²) in [5, 5.41) is 9.47. The Morgan fingerprint density at radius 2 is 1.81 bits per heavy atom. The lowest BCUT2D eigenvalue weighted by Gasteiger charge is -2.22. The molecule has 2 aromatic rings. The van der Waals surface area contributed by atoms with Gasteiger partial charge >= 0.3 is 5.97 Å². The molecule has 0 heterocycles. The van der Waals surface area contributed by atoms with Crippen molar-refractivity contribution in [1.29, 1.82) is 5.26 Å². The zero-order chi connectivity index (χ0) is 20.0. The van der Waals surface area contributed by atoms with Crippen molar-refractivity contribution in [2.45, 2.75) is 39.3 Å². The summed E-state index contributed by atoms with van der Waals surface area (Å²) >= 11 is 0. The molecule has 1 unspecified atom stereocenters. The number of benzene rings is 2.